The molecule has 0 aromatic heterocycles. The van der Waals surface area contributed by atoms with Gasteiger partial charge in [0.1, 0.15) is 18.7 Å². The minimum Gasteiger partial charge on any atom is -0.496 e. The molecule has 0 heterocycles. The van der Waals surface area contributed by atoms with E-state index in [1.165, 1.54) is 38.6 Å². The van der Waals surface area contributed by atoms with Crippen molar-refractivity contribution in [2.24, 2.45) is 5.16 Å². The van der Waals surface area contributed by atoms with Crippen molar-refractivity contribution < 1.29 is 14.0 Å². The third-order valence-corrected chi connectivity index (χ3v) is 1.49. The van der Waals surface area contributed by atoms with Gasteiger partial charge in [0.15, 0.2) is 0 Å². The molecule has 1 rings (SSSR count). The van der Waals surface area contributed by atoms with Crippen LogP contribution in [0.1, 0.15) is 5.56 Å². The highest BCUT2D eigenvalue weighted by Gasteiger charge is 2.01. The Morgan fingerprint density at radius 2 is 2.15 bits per heavy atom. The first-order valence-electron chi connectivity index (χ1n) is 3.68. The monoisotopic (exact) mass is 183 g/mol. The van der Waals surface area contributed by atoms with Crippen LogP contribution < -0.4 is 4.74 Å². The minimum absolute atomic E-state index is 0.335. The van der Waals surface area contributed by atoms with Crippen LogP contribution in [0, 0.1) is 5.82 Å². The van der Waals surface area contributed by atoms with Crippen molar-refractivity contribution >= 4 is 6.21 Å². The third-order valence-electron chi connectivity index (χ3n) is 1.49. The second kappa shape index (κ2) is 4.45. The Bertz CT molecular complexity index is 312. The first-order valence-corrected chi connectivity index (χ1v) is 3.68. The molecule has 13 heavy (non-hydrogen) atoms. The standard InChI is InChI=1S/C9H10FNO2/c1-12-9-4-3-8(10)5-7(9)6-11-13-2/h3-6H,1-2H3/b11-6+. The molecule has 70 valence electrons. The smallest absolute Gasteiger partial charge is 0.127 e. The Balaban J connectivity index is 3.01. The van der Waals surface area contributed by atoms with Crippen LogP contribution in [0.2, 0.25) is 0 Å². The molecular weight excluding hydrogens is 173 g/mol. The van der Waals surface area contributed by atoms with E-state index in [0.29, 0.717) is 11.3 Å². The molecular formula is C9H10FNO2. The zero-order valence-corrected chi connectivity index (χ0v) is 7.45. The molecule has 0 fully saturated rings. The fraction of sp³-hybridized carbons (Fsp3) is 0.222. The van der Waals surface area contributed by atoms with Gasteiger partial charge >= 0.3 is 0 Å². The van der Waals surface area contributed by atoms with E-state index in [1.54, 1.807) is 0 Å². The summed E-state index contributed by atoms with van der Waals surface area (Å²) in [5, 5.41) is 3.52. The van der Waals surface area contributed by atoms with Gasteiger partial charge in [-0.15, -0.1) is 0 Å². The molecule has 0 aliphatic rings. The van der Waals surface area contributed by atoms with E-state index in [4.69, 9.17) is 4.74 Å². The highest BCUT2D eigenvalue weighted by atomic mass is 19.1. The number of halogens is 1. The summed E-state index contributed by atoms with van der Waals surface area (Å²) in [4.78, 5) is 4.48. The van der Waals surface area contributed by atoms with Crippen LogP contribution in [0.3, 0.4) is 0 Å². The summed E-state index contributed by atoms with van der Waals surface area (Å²) in [7, 11) is 2.93. The molecule has 0 aliphatic carbocycles. The van der Waals surface area contributed by atoms with Crippen LogP contribution in [0.25, 0.3) is 0 Å². The Morgan fingerprint density at radius 3 is 2.77 bits per heavy atom. The lowest BCUT2D eigenvalue weighted by Crippen LogP contribution is -1.92. The minimum atomic E-state index is -0.335. The molecule has 0 saturated heterocycles. The molecule has 0 bridgehead atoms. The Hall–Kier alpha value is -1.58. The molecule has 0 unspecified atom stereocenters. The van der Waals surface area contributed by atoms with Gasteiger partial charge in [-0.3, -0.25) is 0 Å². The average Bonchev–Trinajstić information content (AvgIpc) is 2.15. The molecule has 0 aliphatic heterocycles. The van der Waals surface area contributed by atoms with Gasteiger partial charge in [-0.1, -0.05) is 5.16 Å². The maximum absolute atomic E-state index is 12.8. The summed E-state index contributed by atoms with van der Waals surface area (Å²) in [6.07, 6.45) is 1.39. The van der Waals surface area contributed by atoms with Crippen molar-refractivity contribution in [1.29, 1.82) is 0 Å². The Morgan fingerprint density at radius 1 is 1.38 bits per heavy atom. The molecule has 0 radical (unpaired) electrons. The van der Waals surface area contributed by atoms with Gasteiger partial charge in [-0.25, -0.2) is 4.39 Å². The fourth-order valence-corrected chi connectivity index (χ4v) is 0.916. The summed E-state index contributed by atoms with van der Waals surface area (Å²) >= 11 is 0. The Labute approximate surface area is 75.8 Å². The maximum Gasteiger partial charge on any atom is 0.127 e. The number of methoxy groups -OCH3 is 1. The van der Waals surface area contributed by atoms with E-state index >= 15 is 0 Å². The summed E-state index contributed by atoms with van der Waals surface area (Å²) in [5.74, 6) is 0.223. The zero-order valence-electron chi connectivity index (χ0n) is 7.45. The lowest BCUT2D eigenvalue weighted by molar-refractivity contribution is 0.215. The third kappa shape index (κ3) is 2.43. The molecule has 0 saturated carbocycles. The first-order chi connectivity index (χ1) is 6.27. The van der Waals surface area contributed by atoms with Crippen molar-refractivity contribution in [1.82, 2.24) is 0 Å². The summed E-state index contributed by atoms with van der Waals surface area (Å²) in [6.45, 7) is 0. The zero-order chi connectivity index (χ0) is 9.68. The number of ether oxygens (including phenoxy) is 1. The van der Waals surface area contributed by atoms with Crippen LogP contribution in [-0.4, -0.2) is 20.4 Å². The number of oxime groups is 1. The molecule has 3 nitrogen and oxygen atoms in total. The van der Waals surface area contributed by atoms with E-state index in [2.05, 4.69) is 9.99 Å². The van der Waals surface area contributed by atoms with Gasteiger partial charge in [0.25, 0.3) is 0 Å². The van der Waals surface area contributed by atoms with E-state index in [0.717, 1.165) is 0 Å². The van der Waals surface area contributed by atoms with Crippen molar-refractivity contribution in [3.63, 3.8) is 0 Å². The van der Waals surface area contributed by atoms with Crippen LogP contribution in [0.5, 0.6) is 5.75 Å². The molecule has 1 aromatic rings. The van der Waals surface area contributed by atoms with Gasteiger partial charge in [0.05, 0.1) is 13.3 Å². The normalized spacial score (nSPS) is 10.4. The van der Waals surface area contributed by atoms with E-state index < -0.39 is 0 Å². The molecule has 4 heteroatoms. The first kappa shape index (κ1) is 9.51. The van der Waals surface area contributed by atoms with Crippen LogP contribution >= 0.6 is 0 Å². The molecule has 0 spiro atoms. The lowest BCUT2D eigenvalue weighted by atomic mass is 10.2. The lowest BCUT2D eigenvalue weighted by Gasteiger charge is -2.02. The van der Waals surface area contributed by atoms with E-state index in [1.807, 2.05) is 0 Å². The van der Waals surface area contributed by atoms with E-state index in [9.17, 15) is 4.39 Å². The van der Waals surface area contributed by atoms with Crippen molar-refractivity contribution in [2.75, 3.05) is 14.2 Å². The van der Waals surface area contributed by atoms with Gasteiger partial charge in [-0.2, -0.15) is 0 Å². The summed E-state index contributed by atoms with van der Waals surface area (Å²) in [6, 6.07) is 4.18. The molecule has 1 aromatic carbocycles. The Kier molecular flexibility index (Phi) is 3.25. The van der Waals surface area contributed by atoms with Crippen LogP contribution in [-0.2, 0) is 4.84 Å². The summed E-state index contributed by atoms with van der Waals surface area (Å²) < 4.78 is 17.7. The van der Waals surface area contributed by atoms with Gasteiger partial charge in [0, 0.05) is 5.56 Å². The summed E-state index contributed by atoms with van der Waals surface area (Å²) in [5.41, 5.74) is 0.546. The maximum atomic E-state index is 12.8. The van der Waals surface area contributed by atoms with Gasteiger partial charge < -0.3 is 9.57 Å². The number of benzene rings is 1. The van der Waals surface area contributed by atoms with Crippen LogP contribution in [0.4, 0.5) is 4.39 Å². The van der Waals surface area contributed by atoms with Crippen molar-refractivity contribution in [3.05, 3.63) is 29.6 Å². The highest BCUT2D eigenvalue weighted by Crippen LogP contribution is 2.16. The van der Waals surface area contributed by atoms with Gasteiger partial charge in [-0.05, 0) is 18.2 Å². The second-order valence-electron chi connectivity index (χ2n) is 2.30. The molecule has 0 atom stereocenters. The average molecular weight is 183 g/mol. The van der Waals surface area contributed by atoms with Crippen LogP contribution in [0.15, 0.2) is 23.4 Å². The quantitative estimate of drug-likeness (QED) is 0.528. The predicted molar refractivity (Wildman–Crippen MR) is 47.6 cm³/mol. The number of hydrogen-bond donors (Lipinski definition) is 0. The number of nitrogens with zero attached hydrogens (tertiary/aromatic N) is 1. The number of rotatable bonds is 3. The highest BCUT2D eigenvalue weighted by molar-refractivity contribution is 5.83. The SMILES string of the molecule is CO/N=C/c1cc(F)ccc1OC. The van der Waals surface area contributed by atoms with Crippen molar-refractivity contribution in [2.45, 2.75) is 0 Å². The molecule has 0 amide bonds. The fourth-order valence-electron chi connectivity index (χ4n) is 0.916. The predicted octanol–water partition coefficient (Wildman–Crippen LogP) is 1.81. The molecule has 0 N–H and O–H groups in total. The second-order valence-corrected chi connectivity index (χ2v) is 2.30. The van der Waals surface area contributed by atoms with Gasteiger partial charge in [0.2, 0.25) is 0 Å². The largest absolute Gasteiger partial charge is 0.496 e. The number of hydrogen-bond acceptors (Lipinski definition) is 3. The van der Waals surface area contributed by atoms with Crippen molar-refractivity contribution in [3.8, 4) is 5.75 Å². The van der Waals surface area contributed by atoms with E-state index in [-0.39, 0.29) is 5.82 Å². The topological polar surface area (TPSA) is 30.8 Å².